The Labute approximate surface area is 312 Å². The second-order valence-corrected chi connectivity index (χ2v) is 14.9. The van der Waals surface area contributed by atoms with Crippen molar-refractivity contribution in [3.63, 3.8) is 0 Å². The van der Waals surface area contributed by atoms with Gasteiger partial charge in [-0.05, 0) is 103 Å². The van der Waals surface area contributed by atoms with E-state index < -0.39 is 5.41 Å². The van der Waals surface area contributed by atoms with Crippen LogP contribution in [-0.2, 0) is 10.8 Å². The minimum Gasteiger partial charge on any atom is -0.310 e. The van der Waals surface area contributed by atoms with Crippen molar-refractivity contribution in [1.29, 1.82) is 0 Å². The van der Waals surface area contributed by atoms with Crippen LogP contribution in [0.3, 0.4) is 0 Å². The van der Waals surface area contributed by atoms with E-state index >= 15 is 0 Å². The molecule has 0 saturated carbocycles. The Balaban J connectivity index is 1.21. The number of hydrogen-bond donors (Lipinski definition) is 0. The first-order chi connectivity index (χ1) is 26.0. The van der Waals surface area contributed by atoms with Gasteiger partial charge in [0.2, 0.25) is 0 Å². The maximum Gasteiger partial charge on any atom is 0.0713 e. The Morgan fingerprint density at radius 3 is 1.51 bits per heavy atom. The van der Waals surface area contributed by atoms with Crippen LogP contribution < -0.4 is 4.90 Å². The highest BCUT2D eigenvalue weighted by atomic mass is 15.1. The highest BCUT2D eigenvalue weighted by Gasteiger charge is 2.46. The van der Waals surface area contributed by atoms with Gasteiger partial charge in [-0.1, -0.05) is 178 Å². The molecule has 2 aliphatic rings. The molecule has 0 spiro atoms. The topological polar surface area (TPSA) is 3.24 Å². The summed E-state index contributed by atoms with van der Waals surface area (Å²) in [5, 5.41) is 0. The number of benzene rings is 8. The van der Waals surface area contributed by atoms with E-state index in [2.05, 4.69) is 219 Å². The van der Waals surface area contributed by atoms with Crippen molar-refractivity contribution in [1.82, 2.24) is 0 Å². The minimum absolute atomic E-state index is 0.110. The molecule has 2 aliphatic carbocycles. The first-order valence-corrected chi connectivity index (χ1v) is 18.6. The van der Waals surface area contributed by atoms with E-state index in [9.17, 15) is 0 Å². The second kappa shape index (κ2) is 12.1. The SMILES string of the molecule is CC1(C)c2ccccc2-c2ccc(N(c3cccc(-c4ccccc4)c3)c3ccc4c(c3)-c3ccccc3C4(c3ccccc3)c3ccccc3)cc21. The van der Waals surface area contributed by atoms with Gasteiger partial charge in [-0.15, -0.1) is 0 Å². The van der Waals surface area contributed by atoms with E-state index in [0.717, 1.165) is 17.1 Å². The van der Waals surface area contributed by atoms with Crippen LogP contribution in [0.15, 0.2) is 200 Å². The molecular weight excluding hydrogens is 639 g/mol. The lowest BCUT2D eigenvalue weighted by molar-refractivity contribution is 0.660. The molecule has 0 heterocycles. The van der Waals surface area contributed by atoms with Gasteiger partial charge in [-0.25, -0.2) is 0 Å². The molecule has 1 heteroatoms. The molecule has 0 saturated heterocycles. The summed E-state index contributed by atoms with van der Waals surface area (Å²) in [6.07, 6.45) is 0. The molecule has 0 aliphatic heterocycles. The van der Waals surface area contributed by atoms with E-state index in [-0.39, 0.29) is 5.41 Å². The lowest BCUT2D eigenvalue weighted by Crippen LogP contribution is -2.28. The van der Waals surface area contributed by atoms with Crippen LogP contribution in [0.25, 0.3) is 33.4 Å². The van der Waals surface area contributed by atoms with Gasteiger partial charge in [0.05, 0.1) is 5.41 Å². The highest BCUT2D eigenvalue weighted by molar-refractivity contribution is 5.91. The van der Waals surface area contributed by atoms with Crippen LogP contribution in [0.4, 0.5) is 17.1 Å². The molecule has 0 N–H and O–H groups in total. The largest absolute Gasteiger partial charge is 0.310 e. The fourth-order valence-corrected chi connectivity index (χ4v) is 9.31. The molecule has 8 aromatic rings. The summed E-state index contributed by atoms with van der Waals surface area (Å²) in [7, 11) is 0. The predicted molar refractivity (Wildman–Crippen MR) is 221 cm³/mol. The summed E-state index contributed by atoms with van der Waals surface area (Å²) in [5.74, 6) is 0. The van der Waals surface area contributed by atoms with Crippen molar-refractivity contribution >= 4 is 17.1 Å². The summed E-state index contributed by atoms with van der Waals surface area (Å²) in [6, 6.07) is 73.9. The van der Waals surface area contributed by atoms with Crippen molar-refractivity contribution in [3.05, 3.63) is 234 Å². The average Bonchev–Trinajstić information content (AvgIpc) is 3.64. The average molecular weight is 678 g/mol. The van der Waals surface area contributed by atoms with Gasteiger partial charge in [-0.3, -0.25) is 0 Å². The van der Waals surface area contributed by atoms with Crippen molar-refractivity contribution in [2.75, 3.05) is 4.90 Å². The van der Waals surface area contributed by atoms with Gasteiger partial charge >= 0.3 is 0 Å². The molecule has 0 bridgehead atoms. The van der Waals surface area contributed by atoms with Crippen molar-refractivity contribution in [3.8, 4) is 33.4 Å². The van der Waals surface area contributed by atoms with E-state index in [1.807, 2.05) is 0 Å². The number of nitrogens with zero attached hydrogens (tertiary/aromatic N) is 1. The maximum absolute atomic E-state index is 2.46. The van der Waals surface area contributed by atoms with E-state index in [1.165, 1.54) is 66.8 Å². The molecule has 0 fully saturated rings. The fourth-order valence-electron chi connectivity index (χ4n) is 9.31. The van der Waals surface area contributed by atoms with Gasteiger partial charge in [0.1, 0.15) is 0 Å². The summed E-state index contributed by atoms with van der Waals surface area (Å²) in [4.78, 5) is 2.46. The molecular formula is C52H39N. The van der Waals surface area contributed by atoms with Gasteiger partial charge in [0.25, 0.3) is 0 Å². The van der Waals surface area contributed by atoms with Crippen molar-refractivity contribution in [2.24, 2.45) is 0 Å². The summed E-state index contributed by atoms with van der Waals surface area (Å²) >= 11 is 0. The third-order valence-corrected chi connectivity index (χ3v) is 11.7. The zero-order chi connectivity index (χ0) is 35.6. The van der Waals surface area contributed by atoms with Gasteiger partial charge in [0, 0.05) is 22.5 Å². The smallest absolute Gasteiger partial charge is 0.0713 e. The Morgan fingerprint density at radius 1 is 0.321 bits per heavy atom. The van der Waals surface area contributed by atoms with E-state index in [1.54, 1.807) is 0 Å². The molecule has 0 unspecified atom stereocenters. The summed E-state index contributed by atoms with van der Waals surface area (Å²) in [6.45, 7) is 4.72. The molecule has 10 rings (SSSR count). The monoisotopic (exact) mass is 677 g/mol. The first kappa shape index (κ1) is 31.3. The van der Waals surface area contributed by atoms with Crippen molar-refractivity contribution < 1.29 is 0 Å². The van der Waals surface area contributed by atoms with E-state index in [0.29, 0.717) is 0 Å². The van der Waals surface area contributed by atoms with Crippen LogP contribution >= 0.6 is 0 Å². The predicted octanol–water partition coefficient (Wildman–Crippen LogP) is 13.5. The molecule has 0 aromatic heterocycles. The zero-order valence-electron chi connectivity index (χ0n) is 30.0. The number of rotatable bonds is 6. The van der Waals surface area contributed by atoms with Crippen LogP contribution in [-0.4, -0.2) is 0 Å². The van der Waals surface area contributed by atoms with Crippen LogP contribution in [0, 0.1) is 0 Å². The quantitative estimate of drug-likeness (QED) is 0.169. The second-order valence-electron chi connectivity index (χ2n) is 14.9. The molecule has 0 radical (unpaired) electrons. The van der Waals surface area contributed by atoms with Crippen LogP contribution in [0.5, 0.6) is 0 Å². The normalized spacial score (nSPS) is 14.2. The molecule has 1 nitrogen and oxygen atoms in total. The van der Waals surface area contributed by atoms with Gasteiger partial charge in [0.15, 0.2) is 0 Å². The van der Waals surface area contributed by atoms with Crippen LogP contribution in [0.1, 0.15) is 47.2 Å². The number of anilines is 3. The third kappa shape index (κ3) is 4.70. The molecule has 0 amide bonds. The van der Waals surface area contributed by atoms with Gasteiger partial charge < -0.3 is 4.90 Å². The van der Waals surface area contributed by atoms with Gasteiger partial charge in [-0.2, -0.15) is 0 Å². The third-order valence-electron chi connectivity index (χ3n) is 11.7. The number of hydrogen-bond acceptors (Lipinski definition) is 1. The first-order valence-electron chi connectivity index (χ1n) is 18.6. The van der Waals surface area contributed by atoms with Crippen molar-refractivity contribution in [2.45, 2.75) is 24.7 Å². The lowest BCUT2D eigenvalue weighted by Gasteiger charge is -2.34. The Kier molecular flexibility index (Phi) is 7.13. The molecule has 8 aromatic carbocycles. The maximum atomic E-state index is 2.46. The molecule has 252 valence electrons. The Hall–Kier alpha value is -6.44. The number of fused-ring (bicyclic) bond motifs is 6. The summed E-state index contributed by atoms with van der Waals surface area (Å²) in [5.41, 5.74) is 18.4. The highest BCUT2D eigenvalue weighted by Crippen LogP contribution is 2.57. The zero-order valence-corrected chi connectivity index (χ0v) is 30.0. The van der Waals surface area contributed by atoms with E-state index in [4.69, 9.17) is 0 Å². The molecule has 0 atom stereocenters. The molecule has 53 heavy (non-hydrogen) atoms. The minimum atomic E-state index is -0.436. The Morgan fingerprint density at radius 2 is 0.811 bits per heavy atom. The Bertz CT molecular complexity index is 2600. The fraction of sp³-hybridized carbons (Fsp3) is 0.0769. The standard InChI is InChI=1S/C52H39N/c1-51(2)47-27-14-12-25-43(47)45-31-29-42(35-50(45)51)53(40-24-16-19-37(33-40)36-17-6-3-7-18-36)41-30-32-49-46(34-41)44-26-13-15-28-48(44)52(49,38-20-8-4-9-21-38)39-22-10-5-11-23-39/h3-35H,1-2H3. The van der Waals surface area contributed by atoms with Crippen LogP contribution in [0.2, 0.25) is 0 Å². The lowest BCUT2D eigenvalue weighted by atomic mass is 9.68. The summed E-state index contributed by atoms with van der Waals surface area (Å²) < 4.78 is 0.